The lowest BCUT2D eigenvalue weighted by Crippen LogP contribution is -2.10. The second kappa shape index (κ2) is 6.01. The number of hydrogen-bond acceptors (Lipinski definition) is 3. The molecule has 1 amide bonds. The summed E-state index contributed by atoms with van der Waals surface area (Å²) in [7, 11) is 0. The number of benzene rings is 1. The van der Waals surface area contributed by atoms with Crippen molar-refractivity contribution in [3.8, 4) is 0 Å². The van der Waals surface area contributed by atoms with E-state index in [1.165, 1.54) is 28.7 Å². The quantitative estimate of drug-likeness (QED) is 0.861. The fraction of sp³-hybridized carbons (Fsp3) is 0.250. The molecule has 0 saturated heterocycles. The Hall–Kier alpha value is -1.94. The summed E-state index contributed by atoms with van der Waals surface area (Å²) in [5, 5.41) is 2.85. The number of rotatable bonds is 4. The zero-order valence-electron chi connectivity index (χ0n) is 11.8. The van der Waals surface area contributed by atoms with Gasteiger partial charge in [-0.25, -0.2) is 0 Å². The molecular weight excluding hydrogens is 270 g/mol. The second-order valence-corrected chi connectivity index (χ2v) is 5.89. The van der Waals surface area contributed by atoms with Crippen LogP contribution < -0.4 is 5.32 Å². The molecule has 0 bridgehead atoms. The fourth-order valence-electron chi connectivity index (χ4n) is 1.96. The third-order valence-electron chi connectivity index (χ3n) is 3.17. The molecule has 1 heterocycles. The summed E-state index contributed by atoms with van der Waals surface area (Å²) in [5.74, 6) is -0.0854. The smallest absolute Gasteiger partial charge is 0.265 e. The molecule has 0 radical (unpaired) electrons. The number of carbonyl (C=O) groups excluding carboxylic acids is 2. The zero-order valence-corrected chi connectivity index (χ0v) is 12.6. The second-order valence-electron chi connectivity index (χ2n) is 4.63. The molecule has 104 valence electrons. The third kappa shape index (κ3) is 3.14. The van der Waals surface area contributed by atoms with Gasteiger partial charge in [-0.05, 0) is 56.2 Å². The number of ketones is 1. The van der Waals surface area contributed by atoms with Crippen molar-refractivity contribution in [2.45, 2.75) is 27.2 Å². The van der Waals surface area contributed by atoms with Crippen LogP contribution in [-0.4, -0.2) is 11.7 Å². The molecule has 0 aliphatic carbocycles. The summed E-state index contributed by atoms with van der Waals surface area (Å²) >= 11 is 1.51. The molecule has 0 aliphatic rings. The zero-order chi connectivity index (χ0) is 14.7. The molecular formula is C16H17NO2S. The number of Topliss-reactive ketones (excluding diaryl/α,β-unsaturated/α-hetero) is 1. The molecule has 0 fully saturated rings. The fourth-order valence-corrected chi connectivity index (χ4v) is 2.97. The van der Waals surface area contributed by atoms with Crippen molar-refractivity contribution in [3.63, 3.8) is 0 Å². The lowest BCUT2D eigenvalue weighted by molar-refractivity contribution is 0.101. The van der Waals surface area contributed by atoms with Gasteiger partial charge in [-0.15, -0.1) is 11.3 Å². The topological polar surface area (TPSA) is 46.2 Å². The first-order valence-electron chi connectivity index (χ1n) is 6.53. The molecule has 2 aromatic rings. The Bertz CT molecular complexity index is 641. The maximum Gasteiger partial charge on any atom is 0.265 e. The molecule has 1 aromatic carbocycles. The Kier molecular flexibility index (Phi) is 4.35. The molecule has 20 heavy (non-hydrogen) atoms. The highest BCUT2D eigenvalue weighted by molar-refractivity contribution is 7.14. The van der Waals surface area contributed by atoms with E-state index in [1.54, 1.807) is 24.3 Å². The molecule has 0 unspecified atom stereocenters. The molecule has 0 spiro atoms. The van der Waals surface area contributed by atoms with Crippen molar-refractivity contribution in [1.82, 2.24) is 0 Å². The van der Waals surface area contributed by atoms with Gasteiger partial charge in [0.1, 0.15) is 0 Å². The summed E-state index contributed by atoms with van der Waals surface area (Å²) in [6, 6.07) is 8.87. The Balaban J connectivity index is 2.12. The SMILES string of the molecule is CCc1cc(C(=O)Nc2ccc(C(C)=O)cc2)sc1C. The van der Waals surface area contributed by atoms with Gasteiger partial charge in [0, 0.05) is 16.1 Å². The number of aryl methyl sites for hydroxylation is 2. The van der Waals surface area contributed by atoms with Gasteiger partial charge in [0.05, 0.1) is 4.88 Å². The molecule has 2 rings (SSSR count). The van der Waals surface area contributed by atoms with Crippen LogP contribution in [0.1, 0.15) is 44.3 Å². The van der Waals surface area contributed by atoms with Gasteiger partial charge in [-0.1, -0.05) is 6.92 Å². The number of anilines is 1. The first-order valence-corrected chi connectivity index (χ1v) is 7.34. The maximum absolute atomic E-state index is 12.1. The van der Waals surface area contributed by atoms with Gasteiger partial charge < -0.3 is 5.32 Å². The van der Waals surface area contributed by atoms with Crippen molar-refractivity contribution in [3.05, 3.63) is 51.2 Å². The van der Waals surface area contributed by atoms with Crippen LogP contribution in [-0.2, 0) is 6.42 Å². The van der Waals surface area contributed by atoms with Crippen molar-refractivity contribution < 1.29 is 9.59 Å². The van der Waals surface area contributed by atoms with Gasteiger partial charge in [0.25, 0.3) is 5.91 Å². The molecule has 0 saturated carbocycles. The highest BCUT2D eigenvalue weighted by Crippen LogP contribution is 2.23. The Labute approximate surface area is 122 Å². The average Bonchev–Trinajstić information content (AvgIpc) is 2.80. The van der Waals surface area contributed by atoms with E-state index in [4.69, 9.17) is 0 Å². The van der Waals surface area contributed by atoms with Crippen molar-refractivity contribution in [2.24, 2.45) is 0 Å². The highest BCUT2D eigenvalue weighted by atomic mass is 32.1. The lowest BCUT2D eigenvalue weighted by atomic mass is 10.1. The number of amides is 1. The third-order valence-corrected chi connectivity index (χ3v) is 4.27. The Morgan fingerprint density at radius 3 is 2.35 bits per heavy atom. The van der Waals surface area contributed by atoms with Crippen LogP contribution in [0.2, 0.25) is 0 Å². The first-order chi connectivity index (χ1) is 9.51. The molecule has 0 aliphatic heterocycles. The Morgan fingerprint density at radius 2 is 1.85 bits per heavy atom. The molecule has 1 N–H and O–H groups in total. The minimum absolute atomic E-state index is 0.0179. The minimum atomic E-state index is -0.103. The van der Waals surface area contributed by atoms with Crippen LogP contribution in [0.15, 0.2) is 30.3 Å². The minimum Gasteiger partial charge on any atom is -0.321 e. The van der Waals surface area contributed by atoms with Gasteiger partial charge >= 0.3 is 0 Å². The molecule has 1 aromatic heterocycles. The van der Waals surface area contributed by atoms with E-state index >= 15 is 0 Å². The lowest BCUT2D eigenvalue weighted by Gasteiger charge is -2.04. The molecule has 3 nitrogen and oxygen atoms in total. The van der Waals surface area contributed by atoms with Gasteiger partial charge in [-0.2, -0.15) is 0 Å². The van der Waals surface area contributed by atoms with Crippen LogP contribution in [0.4, 0.5) is 5.69 Å². The Morgan fingerprint density at radius 1 is 1.20 bits per heavy atom. The number of thiophene rings is 1. The van der Waals surface area contributed by atoms with E-state index in [0.29, 0.717) is 11.3 Å². The highest BCUT2D eigenvalue weighted by Gasteiger charge is 2.12. The van der Waals surface area contributed by atoms with Crippen molar-refractivity contribution >= 4 is 28.7 Å². The maximum atomic E-state index is 12.1. The van der Waals surface area contributed by atoms with E-state index in [2.05, 4.69) is 12.2 Å². The van der Waals surface area contributed by atoms with Crippen LogP contribution in [0.25, 0.3) is 0 Å². The predicted molar refractivity (Wildman–Crippen MR) is 82.8 cm³/mol. The van der Waals surface area contributed by atoms with Crippen molar-refractivity contribution in [2.75, 3.05) is 5.32 Å². The van der Waals surface area contributed by atoms with Gasteiger partial charge in [0.15, 0.2) is 5.78 Å². The van der Waals surface area contributed by atoms with Crippen LogP contribution in [0.5, 0.6) is 0 Å². The molecule has 4 heteroatoms. The largest absolute Gasteiger partial charge is 0.321 e. The predicted octanol–water partition coefficient (Wildman–Crippen LogP) is 4.07. The summed E-state index contributed by atoms with van der Waals surface area (Å²) in [6.45, 7) is 5.63. The summed E-state index contributed by atoms with van der Waals surface area (Å²) in [5.41, 5.74) is 2.56. The van der Waals surface area contributed by atoms with E-state index in [1.807, 2.05) is 13.0 Å². The van der Waals surface area contributed by atoms with E-state index in [9.17, 15) is 9.59 Å². The number of carbonyl (C=O) groups is 2. The van der Waals surface area contributed by atoms with Gasteiger partial charge in [-0.3, -0.25) is 9.59 Å². The summed E-state index contributed by atoms with van der Waals surface area (Å²) < 4.78 is 0. The number of nitrogens with one attached hydrogen (secondary N) is 1. The van der Waals surface area contributed by atoms with E-state index in [-0.39, 0.29) is 11.7 Å². The number of hydrogen-bond donors (Lipinski definition) is 1. The van der Waals surface area contributed by atoms with Crippen LogP contribution in [0.3, 0.4) is 0 Å². The van der Waals surface area contributed by atoms with E-state index < -0.39 is 0 Å². The standard InChI is InChI=1S/C16H17NO2S/c1-4-12-9-15(20-11(12)3)16(19)17-14-7-5-13(6-8-14)10(2)18/h5-9H,4H2,1-3H3,(H,17,19). The van der Waals surface area contributed by atoms with Crippen LogP contribution >= 0.6 is 11.3 Å². The van der Waals surface area contributed by atoms with E-state index in [0.717, 1.165) is 11.3 Å². The summed E-state index contributed by atoms with van der Waals surface area (Å²) in [4.78, 5) is 25.2. The monoisotopic (exact) mass is 287 g/mol. The normalized spacial score (nSPS) is 10.3. The molecule has 0 atom stereocenters. The van der Waals surface area contributed by atoms with Crippen LogP contribution in [0, 0.1) is 6.92 Å². The average molecular weight is 287 g/mol. The summed E-state index contributed by atoms with van der Waals surface area (Å²) in [6.07, 6.45) is 0.933. The van der Waals surface area contributed by atoms with Crippen molar-refractivity contribution in [1.29, 1.82) is 0 Å². The van der Waals surface area contributed by atoms with Gasteiger partial charge in [0.2, 0.25) is 0 Å². The first kappa shape index (κ1) is 14.5.